The predicted molar refractivity (Wildman–Crippen MR) is 83.2 cm³/mol. The highest BCUT2D eigenvalue weighted by Crippen LogP contribution is 2.23. The van der Waals surface area contributed by atoms with E-state index >= 15 is 0 Å². The first-order valence-corrected chi connectivity index (χ1v) is 7.85. The molecule has 2 aromatic carbocycles. The summed E-state index contributed by atoms with van der Waals surface area (Å²) in [5.74, 6) is -0.633. The number of fused-ring (bicyclic) bond motifs is 1. The van der Waals surface area contributed by atoms with E-state index in [1.165, 1.54) is 18.2 Å². The van der Waals surface area contributed by atoms with Crippen molar-refractivity contribution in [2.75, 3.05) is 10.5 Å². The summed E-state index contributed by atoms with van der Waals surface area (Å²) in [5.41, 5.74) is 7.96. The van der Waals surface area contributed by atoms with Gasteiger partial charge in [-0.2, -0.15) is 0 Å². The van der Waals surface area contributed by atoms with Crippen LogP contribution in [0.25, 0.3) is 11.1 Å². The smallest absolute Gasteiger partial charge is 0.408 e. The van der Waals surface area contributed by atoms with Gasteiger partial charge in [0.25, 0.3) is 10.0 Å². The van der Waals surface area contributed by atoms with Crippen molar-refractivity contribution in [3.05, 3.63) is 52.5 Å². The highest BCUT2D eigenvalue weighted by atomic mass is 32.2. The van der Waals surface area contributed by atoms with Crippen molar-refractivity contribution in [2.24, 2.45) is 0 Å². The Bertz CT molecular complexity index is 1020. The fourth-order valence-corrected chi connectivity index (χ4v) is 3.24. The number of nitrogens with one attached hydrogen (secondary N) is 2. The van der Waals surface area contributed by atoms with Gasteiger partial charge < -0.3 is 10.2 Å². The lowest BCUT2D eigenvalue weighted by Crippen LogP contribution is -2.13. The molecule has 0 aliphatic heterocycles. The number of benzene rings is 2. The molecular formula is C14H13N3O4S. The first-order chi connectivity index (χ1) is 10.3. The maximum absolute atomic E-state index is 12.4. The molecule has 4 N–H and O–H groups in total. The quantitative estimate of drug-likeness (QED) is 0.636. The summed E-state index contributed by atoms with van der Waals surface area (Å²) >= 11 is 0. The number of hydrogen-bond acceptors (Lipinski definition) is 5. The molecule has 0 aliphatic rings. The Kier molecular flexibility index (Phi) is 3.18. The number of nitrogen functional groups attached to an aromatic ring is 1. The van der Waals surface area contributed by atoms with Crippen molar-refractivity contribution < 1.29 is 12.8 Å². The van der Waals surface area contributed by atoms with Crippen molar-refractivity contribution in [3.8, 4) is 0 Å². The minimum absolute atomic E-state index is 0.000949. The molecule has 8 heteroatoms. The Hall–Kier alpha value is -2.74. The third kappa shape index (κ3) is 2.56. The second-order valence-corrected chi connectivity index (χ2v) is 6.53. The van der Waals surface area contributed by atoms with Crippen LogP contribution in [0, 0.1) is 6.92 Å². The summed E-state index contributed by atoms with van der Waals surface area (Å²) in [4.78, 5) is 13.6. The number of hydrogen-bond donors (Lipinski definition) is 3. The summed E-state index contributed by atoms with van der Waals surface area (Å²) in [6.07, 6.45) is 0. The van der Waals surface area contributed by atoms with E-state index in [1.807, 2.05) is 0 Å². The molecule has 3 aromatic rings. The van der Waals surface area contributed by atoms with Gasteiger partial charge in [0.15, 0.2) is 5.58 Å². The van der Waals surface area contributed by atoms with Crippen molar-refractivity contribution in [1.82, 2.24) is 4.98 Å². The zero-order chi connectivity index (χ0) is 15.9. The Morgan fingerprint density at radius 2 is 1.95 bits per heavy atom. The second kappa shape index (κ2) is 4.92. The lowest BCUT2D eigenvalue weighted by molar-refractivity contribution is 0.554. The molecule has 1 aromatic heterocycles. The van der Waals surface area contributed by atoms with Crippen LogP contribution in [-0.4, -0.2) is 13.4 Å². The van der Waals surface area contributed by atoms with E-state index in [9.17, 15) is 13.2 Å². The van der Waals surface area contributed by atoms with Crippen molar-refractivity contribution in [1.29, 1.82) is 0 Å². The monoisotopic (exact) mass is 319 g/mol. The molecule has 0 unspecified atom stereocenters. The van der Waals surface area contributed by atoms with Crippen LogP contribution in [0.2, 0.25) is 0 Å². The van der Waals surface area contributed by atoms with Crippen LogP contribution in [0.15, 0.2) is 50.5 Å². The van der Waals surface area contributed by atoms with E-state index in [0.717, 1.165) is 0 Å². The van der Waals surface area contributed by atoms with Gasteiger partial charge in [0.1, 0.15) is 0 Å². The molecule has 0 aliphatic carbocycles. The van der Waals surface area contributed by atoms with Gasteiger partial charge in [-0.05, 0) is 42.8 Å². The maximum atomic E-state index is 12.4. The Labute approximate surface area is 125 Å². The number of nitrogens with two attached hydrogens (primary N) is 1. The number of rotatable bonds is 3. The second-order valence-electron chi connectivity index (χ2n) is 4.85. The van der Waals surface area contributed by atoms with Gasteiger partial charge in [-0.15, -0.1) is 0 Å². The number of oxazole rings is 1. The molecule has 0 spiro atoms. The zero-order valence-electron chi connectivity index (χ0n) is 11.6. The van der Waals surface area contributed by atoms with Crippen LogP contribution in [-0.2, 0) is 10.0 Å². The van der Waals surface area contributed by atoms with Gasteiger partial charge in [0, 0.05) is 11.8 Å². The predicted octanol–water partition coefficient (Wildman–Crippen LogP) is 1.81. The Balaban J connectivity index is 2.01. The molecule has 0 fully saturated rings. The van der Waals surface area contributed by atoms with Gasteiger partial charge >= 0.3 is 5.76 Å². The van der Waals surface area contributed by atoms with Crippen molar-refractivity contribution >= 4 is 32.5 Å². The number of anilines is 2. The van der Waals surface area contributed by atoms with E-state index in [0.29, 0.717) is 22.5 Å². The zero-order valence-corrected chi connectivity index (χ0v) is 12.4. The standard InChI is InChI=1S/C14H13N3O4S/c1-8-6-9(15)2-4-11(8)17-22(19,20)10-3-5-12-13(7-10)21-14(18)16-12/h2-7,17H,15H2,1H3,(H,16,18). The lowest BCUT2D eigenvalue weighted by atomic mass is 10.2. The minimum atomic E-state index is -3.80. The van der Waals surface area contributed by atoms with E-state index in [4.69, 9.17) is 10.2 Å². The van der Waals surface area contributed by atoms with Crippen LogP contribution in [0.4, 0.5) is 11.4 Å². The molecule has 0 radical (unpaired) electrons. The van der Waals surface area contributed by atoms with Crippen molar-refractivity contribution in [3.63, 3.8) is 0 Å². The van der Waals surface area contributed by atoms with Crippen LogP contribution in [0.1, 0.15) is 5.56 Å². The van der Waals surface area contributed by atoms with E-state index in [-0.39, 0.29) is 10.5 Å². The number of aromatic nitrogens is 1. The first-order valence-electron chi connectivity index (χ1n) is 6.37. The van der Waals surface area contributed by atoms with Crippen LogP contribution >= 0.6 is 0 Å². The Morgan fingerprint density at radius 1 is 1.18 bits per heavy atom. The fraction of sp³-hybridized carbons (Fsp3) is 0.0714. The largest absolute Gasteiger partial charge is 0.417 e. The summed E-state index contributed by atoms with van der Waals surface area (Å²) in [5, 5.41) is 0. The maximum Gasteiger partial charge on any atom is 0.417 e. The average Bonchev–Trinajstić information content (AvgIpc) is 2.81. The van der Waals surface area contributed by atoms with E-state index < -0.39 is 15.8 Å². The highest BCUT2D eigenvalue weighted by molar-refractivity contribution is 7.92. The average molecular weight is 319 g/mol. The SMILES string of the molecule is Cc1cc(N)ccc1NS(=O)(=O)c1ccc2[nH]c(=O)oc2c1. The first kappa shape index (κ1) is 14.2. The molecule has 1 heterocycles. The number of aryl methyl sites for hydroxylation is 1. The summed E-state index contributed by atoms with van der Waals surface area (Å²) < 4.78 is 32.2. The van der Waals surface area contributed by atoms with Gasteiger partial charge in [-0.3, -0.25) is 9.71 Å². The van der Waals surface area contributed by atoms with E-state index in [1.54, 1.807) is 25.1 Å². The molecule has 0 amide bonds. The van der Waals surface area contributed by atoms with Gasteiger partial charge in [-0.25, -0.2) is 13.2 Å². The van der Waals surface area contributed by atoms with Crippen LogP contribution in [0.5, 0.6) is 0 Å². The van der Waals surface area contributed by atoms with Crippen LogP contribution < -0.4 is 16.2 Å². The van der Waals surface area contributed by atoms with Crippen LogP contribution in [0.3, 0.4) is 0 Å². The molecule has 0 atom stereocenters. The lowest BCUT2D eigenvalue weighted by Gasteiger charge is -2.11. The molecule has 3 rings (SSSR count). The normalized spacial score (nSPS) is 11.7. The topological polar surface area (TPSA) is 118 Å². The fourth-order valence-electron chi connectivity index (χ4n) is 2.10. The molecule has 0 saturated carbocycles. The number of aromatic amines is 1. The molecule has 0 bridgehead atoms. The molecule has 22 heavy (non-hydrogen) atoms. The minimum Gasteiger partial charge on any atom is -0.408 e. The van der Waals surface area contributed by atoms with Gasteiger partial charge in [-0.1, -0.05) is 0 Å². The molecule has 0 saturated heterocycles. The third-order valence-corrected chi connectivity index (χ3v) is 4.56. The van der Waals surface area contributed by atoms with E-state index in [2.05, 4.69) is 9.71 Å². The summed E-state index contributed by atoms with van der Waals surface area (Å²) in [6.45, 7) is 1.75. The molecule has 7 nitrogen and oxygen atoms in total. The van der Waals surface area contributed by atoms with Crippen molar-refractivity contribution in [2.45, 2.75) is 11.8 Å². The third-order valence-electron chi connectivity index (χ3n) is 3.20. The Morgan fingerprint density at radius 3 is 2.68 bits per heavy atom. The summed E-state index contributed by atoms with van der Waals surface area (Å²) in [6, 6.07) is 9.04. The summed E-state index contributed by atoms with van der Waals surface area (Å²) in [7, 11) is -3.80. The molecular weight excluding hydrogens is 306 g/mol. The number of sulfonamides is 1. The number of H-pyrrole nitrogens is 1. The molecule has 114 valence electrons. The van der Waals surface area contributed by atoms with Gasteiger partial charge in [0.2, 0.25) is 0 Å². The van der Waals surface area contributed by atoms with Gasteiger partial charge in [0.05, 0.1) is 16.1 Å². The highest BCUT2D eigenvalue weighted by Gasteiger charge is 2.17.